The van der Waals surface area contributed by atoms with E-state index in [9.17, 15) is 4.79 Å². The molecule has 0 spiro atoms. The van der Waals surface area contributed by atoms with Crippen LogP contribution < -0.4 is 10.1 Å². The molecule has 0 atom stereocenters. The van der Waals surface area contributed by atoms with Crippen molar-refractivity contribution in [2.75, 3.05) is 12.4 Å². The molecule has 2 rings (SSSR count). The number of nitrogens with zero attached hydrogens (tertiary/aromatic N) is 3. The molecule has 120 valence electrons. The first-order valence-electron chi connectivity index (χ1n) is 7.46. The predicted molar refractivity (Wildman–Crippen MR) is 87.1 cm³/mol. The van der Waals surface area contributed by atoms with Crippen LogP contribution in [0.5, 0.6) is 5.75 Å². The van der Waals surface area contributed by atoms with Gasteiger partial charge in [-0.15, -0.1) is 0 Å². The number of aryl methyl sites for hydroxylation is 3. The summed E-state index contributed by atoms with van der Waals surface area (Å²) in [6.07, 6.45) is 1.39. The number of methoxy groups -OCH3 is 1. The monoisotopic (exact) mass is 312 g/mol. The highest BCUT2D eigenvalue weighted by Crippen LogP contribution is 2.14. The van der Waals surface area contributed by atoms with Gasteiger partial charge in [0.25, 0.3) is 0 Å². The summed E-state index contributed by atoms with van der Waals surface area (Å²) in [6.45, 7) is 2.33. The Labute approximate surface area is 135 Å². The molecule has 1 N–H and O–H groups in total. The van der Waals surface area contributed by atoms with Crippen molar-refractivity contribution in [3.63, 3.8) is 0 Å². The Hall–Kier alpha value is -2.81. The summed E-state index contributed by atoms with van der Waals surface area (Å²) in [4.78, 5) is 12.1. The van der Waals surface area contributed by atoms with E-state index in [2.05, 4.69) is 16.5 Å². The summed E-state index contributed by atoms with van der Waals surface area (Å²) < 4.78 is 6.77. The average Bonchev–Trinajstić information content (AvgIpc) is 2.90. The molecule has 2 aromatic rings. The number of hydrogen-bond acceptors (Lipinski definition) is 4. The minimum atomic E-state index is -0.0704. The Morgan fingerprint density at radius 1 is 1.39 bits per heavy atom. The van der Waals surface area contributed by atoms with Crippen LogP contribution in [0, 0.1) is 18.3 Å². The molecule has 0 aliphatic rings. The highest BCUT2D eigenvalue weighted by molar-refractivity contribution is 5.90. The van der Waals surface area contributed by atoms with Gasteiger partial charge in [0, 0.05) is 12.5 Å². The molecule has 0 saturated carbocycles. The number of ether oxygens (including phenoxy) is 1. The number of rotatable bonds is 7. The van der Waals surface area contributed by atoms with Crippen LogP contribution in [0.3, 0.4) is 0 Å². The SMILES string of the molecule is COc1ccc(CCC(=O)Nc2cc(C)nn2CCC#N)cc1. The molecular weight excluding hydrogens is 292 g/mol. The molecule has 0 radical (unpaired) electrons. The summed E-state index contributed by atoms with van der Waals surface area (Å²) in [6, 6.07) is 11.6. The van der Waals surface area contributed by atoms with Gasteiger partial charge >= 0.3 is 0 Å². The van der Waals surface area contributed by atoms with Crippen LogP contribution in [0.1, 0.15) is 24.1 Å². The highest BCUT2D eigenvalue weighted by atomic mass is 16.5. The minimum Gasteiger partial charge on any atom is -0.497 e. The normalized spacial score (nSPS) is 10.1. The third-order valence-corrected chi connectivity index (χ3v) is 3.40. The fourth-order valence-electron chi connectivity index (χ4n) is 2.23. The van der Waals surface area contributed by atoms with E-state index in [-0.39, 0.29) is 5.91 Å². The van der Waals surface area contributed by atoms with Crippen molar-refractivity contribution in [2.24, 2.45) is 0 Å². The van der Waals surface area contributed by atoms with Crippen molar-refractivity contribution in [1.29, 1.82) is 5.26 Å². The Morgan fingerprint density at radius 3 is 2.78 bits per heavy atom. The number of carbonyl (C=O) groups is 1. The molecule has 0 bridgehead atoms. The first kappa shape index (κ1) is 16.6. The molecule has 23 heavy (non-hydrogen) atoms. The number of hydrogen-bond donors (Lipinski definition) is 1. The smallest absolute Gasteiger partial charge is 0.225 e. The molecule has 0 saturated heterocycles. The van der Waals surface area contributed by atoms with Gasteiger partial charge in [-0.3, -0.25) is 4.79 Å². The molecule has 0 aliphatic carbocycles. The molecule has 0 unspecified atom stereocenters. The number of carbonyl (C=O) groups excluding carboxylic acids is 1. The maximum Gasteiger partial charge on any atom is 0.225 e. The van der Waals surface area contributed by atoms with Crippen molar-refractivity contribution >= 4 is 11.7 Å². The van der Waals surface area contributed by atoms with Gasteiger partial charge in [0.05, 0.1) is 31.8 Å². The van der Waals surface area contributed by atoms with Crippen molar-refractivity contribution < 1.29 is 9.53 Å². The number of nitriles is 1. The minimum absolute atomic E-state index is 0.0704. The molecule has 0 aliphatic heterocycles. The van der Waals surface area contributed by atoms with Crippen molar-refractivity contribution in [1.82, 2.24) is 9.78 Å². The third kappa shape index (κ3) is 4.85. The van der Waals surface area contributed by atoms with Gasteiger partial charge < -0.3 is 10.1 Å². The second-order valence-corrected chi connectivity index (χ2v) is 5.20. The molecule has 0 fully saturated rings. The van der Waals surface area contributed by atoms with Gasteiger partial charge in [-0.1, -0.05) is 12.1 Å². The van der Waals surface area contributed by atoms with E-state index in [1.807, 2.05) is 37.3 Å². The Morgan fingerprint density at radius 2 is 2.13 bits per heavy atom. The fraction of sp³-hybridized carbons (Fsp3) is 0.353. The number of anilines is 1. The van der Waals surface area contributed by atoms with Crippen LogP contribution in [-0.2, 0) is 17.8 Å². The van der Waals surface area contributed by atoms with E-state index in [0.29, 0.717) is 31.6 Å². The average molecular weight is 312 g/mol. The van der Waals surface area contributed by atoms with Crippen LogP contribution in [0.15, 0.2) is 30.3 Å². The van der Waals surface area contributed by atoms with Crippen molar-refractivity contribution in [3.05, 3.63) is 41.6 Å². The lowest BCUT2D eigenvalue weighted by Crippen LogP contribution is -2.16. The number of amides is 1. The van der Waals surface area contributed by atoms with Crippen LogP contribution in [0.4, 0.5) is 5.82 Å². The van der Waals surface area contributed by atoms with Gasteiger partial charge in [-0.05, 0) is 31.0 Å². The first-order chi connectivity index (χ1) is 11.1. The molecule has 6 nitrogen and oxygen atoms in total. The zero-order valence-electron chi connectivity index (χ0n) is 13.4. The summed E-state index contributed by atoms with van der Waals surface area (Å²) in [5, 5.41) is 15.8. The maximum atomic E-state index is 12.1. The summed E-state index contributed by atoms with van der Waals surface area (Å²) in [5.74, 6) is 1.37. The van der Waals surface area contributed by atoms with E-state index in [0.717, 1.165) is 17.0 Å². The Kier molecular flexibility index (Phi) is 5.75. The van der Waals surface area contributed by atoms with Crippen molar-refractivity contribution in [2.45, 2.75) is 32.7 Å². The summed E-state index contributed by atoms with van der Waals surface area (Å²) in [7, 11) is 1.62. The molecular formula is C17H20N4O2. The van der Waals surface area contributed by atoms with Gasteiger partial charge in [-0.25, -0.2) is 4.68 Å². The van der Waals surface area contributed by atoms with Crippen LogP contribution >= 0.6 is 0 Å². The van der Waals surface area contributed by atoms with E-state index >= 15 is 0 Å². The predicted octanol–water partition coefficient (Wildman–Crippen LogP) is 2.69. The summed E-state index contributed by atoms with van der Waals surface area (Å²) in [5.41, 5.74) is 1.89. The molecule has 1 heterocycles. The van der Waals surface area contributed by atoms with Gasteiger partial charge in [0.1, 0.15) is 11.6 Å². The Bertz CT molecular complexity index is 698. The lowest BCUT2D eigenvalue weighted by Gasteiger charge is -2.08. The fourth-order valence-corrected chi connectivity index (χ4v) is 2.23. The van der Waals surface area contributed by atoms with Gasteiger partial charge in [-0.2, -0.15) is 10.4 Å². The summed E-state index contributed by atoms with van der Waals surface area (Å²) >= 11 is 0. The second-order valence-electron chi connectivity index (χ2n) is 5.20. The van der Waals surface area contributed by atoms with E-state index in [1.165, 1.54) is 0 Å². The quantitative estimate of drug-likeness (QED) is 0.852. The van der Waals surface area contributed by atoms with Crippen LogP contribution in [-0.4, -0.2) is 22.8 Å². The van der Waals surface area contributed by atoms with Crippen molar-refractivity contribution in [3.8, 4) is 11.8 Å². The molecule has 1 aromatic heterocycles. The van der Waals surface area contributed by atoms with Crippen LogP contribution in [0.2, 0.25) is 0 Å². The second kappa shape index (κ2) is 7.99. The molecule has 1 amide bonds. The lowest BCUT2D eigenvalue weighted by molar-refractivity contribution is -0.116. The molecule has 6 heteroatoms. The largest absolute Gasteiger partial charge is 0.497 e. The lowest BCUT2D eigenvalue weighted by atomic mass is 10.1. The zero-order valence-corrected chi connectivity index (χ0v) is 13.4. The highest BCUT2D eigenvalue weighted by Gasteiger charge is 2.09. The number of aromatic nitrogens is 2. The van der Waals surface area contributed by atoms with Gasteiger partial charge in [0.15, 0.2) is 0 Å². The zero-order chi connectivity index (χ0) is 16.7. The standard InChI is InChI=1S/C17H20N4O2/c1-13-12-16(21(20-13)11-3-10-18)19-17(22)9-6-14-4-7-15(23-2)8-5-14/h4-5,7-8,12H,3,6,9,11H2,1-2H3,(H,19,22). The Balaban J connectivity index is 1.90. The van der Waals surface area contributed by atoms with E-state index in [1.54, 1.807) is 11.8 Å². The maximum absolute atomic E-state index is 12.1. The first-order valence-corrected chi connectivity index (χ1v) is 7.46. The number of benzene rings is 1. The topological polar surface area (TPSA) is 79.9 Å². The number of nitrogens with one attached hydrogen (secondary N) is 1. The van der Waals surface area contributed by atoms with E-state index < -0.39 is 0 Å². The third-order valence-electron chi connectivity index (χ3n) is 3.40. The van der Waals surface area contributed by atoms with Gasteiger partial charge in [0.2, 0.25) is 5.91 Å². The van der Waals surface area contributed by atoms with E-state index in [4.69, 9.17) is 10.00 Å². The molecule has 1 aromatic carbocycles. The van der Waals surface area contributed by atoms with Crippen LogP contribution in [0.25, 0.3) is 0 Å².